The molecule has 0 unspecified atom stereocenters. The predicted molar refractivity (Wildman–Crippen MR) is 120 cm³/mol. The minimum Gasteiger partial charge on any atom is -0.478 e. The summed E-state index contributed by atoms with van der Waals surface area (Å²) in [5.41, 5.74) is 2.38. The predicted octanol–water partition coefficient (Wildman–Crippen LogP) is 3.92. The molecule has 0 amide bonds. The van der Waals surface area contributed by atoms with E-state index in [-0.39, 0.29) is 12.1 Å². The van der Waals surface area contributed by atoms with Gasteiger partial charge in [0.2, 0.25) is 5.82 Å². The van der Waals surface area contributed by atoms with Crippen LogP contribution in [-0.2, 0) is 13.0 Å². The summed E-state index contributed by atoms with van der Waals surface area (Å²) in [7, 11) is 0. The smallest absolute Gasteiger partial charge is 0.335 e. The number of hydrogen-bond donors (Lipinski definition) is 2. The van der Waals surface area contributed by atoms with Gasteiger partial charge < -0.3 is 9.67 Å². The first-order valence-corrected chi connectivity index (χ1v) is 10.6. The van der Waals surface area contributed by atoms with Gasteiger partial charge in [0.25, 0.3) is 5.56 Å². The number of rotatable bonds is 8. The van der Waals surface area contributed by atoms with Gasteiger partial charge in [0, 0.05) is 22.9 Å². The molecule has 0 fully saturated rings. The number of carboxylic acid groups (broad SMARTS) is 1. The Morgan fingerprint density at radius 1 is 1.09 bits per heavy atom. The molecule has 0 atom stereocenters. The second-order valence-electron chi connectivity index (χ2n) is 7.66. The molecule has 168 valence electrons. The first-order valence-electron chi connectivity index (χ1n) is 10.6. The van der Waals surface area contributed by atoms with Gasteiger partial charge in [-0.3, -0.25) is 4.79 Å². The van der Waals surface area contributed by atoms with Crippen molar-refractivity contribution in [1.82, 2.24) is 25.2 Å². The number of carboxylic acids is 1. The van der Waals surface area contributed by atoms with E-state index in [4.69, 9.17) is 0 Å². The number of H-pyrrole nitrogens is 1. The standard InChI is InChI=1S/C24H22FN5O3/c1-2-3-6-17-12-16(24(32)33)13-22(31)30(17)14-15-9-10-19(21(25)11-15)18-7-4-5-8-20(18)23-26-28-29-27-23/h4-5,7-13H,2-3,6,14H2,1H3,(H,32,33)(H,26,27,28,29). The Morgan fingerprint density at radius 3 is 2.55 bits per heavy atom. The Kier molecular flexibility index (Phi) is 6.39. The minimum atomic E-state index is -1.15. The minimum absolute atomic E-state index is 0.0399. The van der Waals surface area contributed by atoms with Crippen molar-refractivity contribution in [2.45, 2.75) is 32.7 Å². The van der Waals surface area contributed by atoms with Gasteiger partial charge in [-0.25, -0.2) is 9.18 Å². The van der Waals surface area contributed by atoms with E-state index in [1.165, 1.54) is 16.7 Å². The molecule has 2 heterocycles. The number of carbonyl (C=O) groups is 1. The Bertz CT molecular complexity index is 1350. The quantitative estimate of drug-likeness (QED) is 0.423. The summed E-state index contributed by atoms with van der Waals surface area (Å²) in [5, 5.41) is 23.2. The Labute approximate surface area is 188 Å². The molecule has 4 rings (SSSR count). The molecule has 2 aromatic carbocycles. The second-order valence-corrected chi connectivity index (χ2v) is 7.66. The van der Waals surface area contributed by atoms with Crippen molar-refractivity contribution in [3.8, 4) is 22.5 Å². The topological polar surface area (TPSA) is 114 Å². The van der Waals surface area contributed by atoms with Gasteiger partial charge in [-0.2, -0.15) is 5.21 Å². The maximum absolute atomic E-state index is 15.2. The van der Waals surface area contributed by atoms with Crippen molar-refractivity contribution in [2.75, 3.05) is 0 Å². The average Bonchev–Trinajstić information content (AvgIpc) is 3.34. The third-order valence-electron chi connectivity index (χ3n) is 5.42. The molecule has 8 nitrogen and oxygen atoms in total. The van der Waals surface area contributed by atoms with Gasteiger partial charge in [0.1, 0.15) is 5.82 Å². The van der Waals surface area contributed by atoms with Crippen molar-refractivity contribution in [3.63, 3.8) is 0 Å². The van der Waals surface area contributed by atoms with Crippen LogP contribution in [0.15, 0.2) is 59.4 Å². The van der Waals surface area contributed by atoms with Crippen LogP contribution in [0.4, 0.5) is 4.39 Å². The normalized spacial score (nSPS) is 11.0. The number of aryl methyl sites for hydroxylation is 1. The second kappa shape index (κ2) is 9.56. The lowest BCUT2D eigenvalue weighted by Gasteiger charge is -2.15. The SMILES string of the molecule is CCCCc1cc(C(=O)O)cc(=O)n1Cc1ccc(-c2ccccc2-c2nn[nH]n2)c(F)c1. The summed E-state index contributed by atoms with van der Waals surface area (Å²) >= 11 is 0. The van der Waals surface area contributed by atoms with Gasteiger partial charge >= 0.3 is 5.97 Å². The molecule has 0 aliphatic rings. The molecule has 0 saturated heterocycles. The summed E-state index contributed by atoms with van der Waals surface area (Å²) in [4.78, 5) is 24.0. The van der Waals surface area contributed by atoms with Crippen LogP contribution < -0.4 is 5.56 Å². The van der Waals surface area contributed by atoms with Crippen LogP contribution in [-0.4, -0.2) is 36.3 Å². The highest BCUT2D eigenvalue weighted by molar-refractivity contribution is 5.87. The zero-order chi connectivity index (χ0) is 23.4. The number of unbranched alkanes of at least 4 members (excludes halogenated alkanes) is 1. The maximum atomic E-state index is 15.2. The molecule has 2 aromatic heterocycles. The molecular formula is C24H22FN5O3. The fourth-order valence-electron chi connectivity index (χ4n) is 3.77. The third kappa shape index (κ3) is 4.72. The highest BCUT2D eigenvalue weighted by Crippen LogP contribution is 2.32. The number of nitrogens with zero attached hydrogens (tertiary/aromatic N) is 4. The van der Waals surface area contributed by atoms with Crippen LogP contribution in [0.25, 0.3) is 22.5 Å². The summed E-state index contributed by atoms with van der Waals surface area (Å²) in [5.74, 6) is -1.24. The van der Waals surface area contributed by atoms with Crippen molar-refractivity contribution in [2.24, 2.45) is 0 Å². The van der Waals surface area contributed by atoms with E-state index in [1.54, 1.807) is 30.3 Å². The van der Waals surface area contributed by atoms with Crippen LogP contribution in [0.3, 0.4) is 0 Å². The fourth-order valence-corrected chi connectivity index (χ4v) is 3.77. The molecule has 0 saturated carbocycles. The van der Waals surface area contributed by atoms with Crippen LogP contribution in [0.5, 0.6) is 0 Å². The number of aromatic amines is 1. The third-order valence-corrected chi connectivity index (χ3v) is 5.42. The highest BCUT2D eigenvalue weighted by atomic mass is 19.1. The molecule has 4 aromatic rings. The monoisotopic (exact) mass is 447 g/mol. The number of hydrogen-bond acceptors (Lipinski definition) is 5. The summed E-state index contributed by atoms with van der Waals surface area (Å²) in [6.45, 7) is 2.16. The lowest BCUT2D eigenvalue weighted by molar-refractivity contribution is 0.0696. The maximum Gasteiger partial charge on any atom is 0.335 e. The molecule has 2 N–H and O–H groups in total. The summed E-state index contributed by atoms with van der Waals surface area (Å²) < 4.78 is 16.7. The number of benzene rings is 2. The lowest BCUT2D eigenvalue weighted by atomic mass is 9.97. The van der Waals surface area contributed by atoms with Crippen molar-refractivity contribution in [3.05, 3.63) is 87.6 Å². The van der Waals surface area contributed by atoms with E-state index in [0.717, 1.165) is 18.9 Å². The lowest BCUT2D eigenvalue weighted by Crippen LogP contribution is -2.25. The van der Waals surface area contributed by atoms with Gasteiger partial charge in [0.05, 0.1) is 12.1 Å². The molecular weight excluding hydrogens is 425 g/mol. The molecule has 0 radical (unpaired) electrons. The zero-order valence-electron chi connectivity index (χ0n) is 18.0. The number of aromatic carboxylic acids is 1. The summed E-state index contributed by atoms with van der Waals surface area (Å²) in [6.07, 6.45) is 2.27. The molecule has 0 aliphatic heterocycles. The van der Waals surface area contributed by atoms with Crippen LogP contribution >= 0.6 is 0 Å². The molecule has 0 spiro atoms. The number of nitrogens with one attached hydrogen (secondary N) is 1. The number of tetrazole rings is 1. The molecule has 33 heavy (non-hydrogen) atoms. The van der Waals surface area contributed by atoms with Crippen molar-refractivity contribution < 1.29 is 14.3 Å². The Morgan fingerprint density at radius 2 is 1.88 bits per heavy atom. The van der Waals surface area contributed by atoms with Gasteiger partial charge in [0.15, 0.2) is 0 Å². The van der Waals surface area contributed by atoms with Crippen molar-refractivity contribution >= 4 is 5.97 Å². The first-order chi connectivity index (χ1) is 16.0. The Balaban J connectivity index is 1.70. The van der Waals surface area contributed by atoms with Crippen molar-refractivity contribution in [1.29, 1.82) is 0 Å². The van der Waals surface area contributed by atoms with Crippen LogP contribution in [0.1, 0.15) is 41.4 Å². The van der Waals surface area contributed by atoms with Gasteiger partial charge in [-0.1, -0.05) is 49.7 Å². The largest absolute Gasteiger partial charge is 0.478 e. The van der Waals surface area contributed by atoms with Gasteiger partial charge in [-0.05, 0) is 41.3 Å². The average molecular weight is 447 g/mol. The van der Waals surface area contributed by atoms with E-state index in [0.29, 0.717) is 40.2 Å². The van der Waals surface area contributed by atoms with E-state index in [2.05, 4.69) is 20.6 Å². The zero-order valence-corrected chi connectivity index (χ0v) is 18.0. The van der Waals surface area contributed by atoms with E-state index in [1.807, 2.05) is 13.0 Å². The number of halogens is 1. The molecule has 9 heteroatoms. The molecule has 0 bridgehead atoms. The number of pyridine rings is 1. The van der Waals surface area contributed by atoms with E-state index in [9.17, 15) is 14.7 Å². The summed E-state index contributed by atoms with van der Waals surface area (Å²) in [6, 6.07) is 14.6. The number of aromatic nitrogens is 5. The first kappa shape index (κ1) is 22.1. The fraction of sp³-hybridized carbons (Fsp3) is 0.208. The van der Waals surface area contributed by atoms with Crippen LogP contribution in [0.2, 0.25) is 0 Å². The highest BCUT2D eigenvalue weighted by Gasteiger charge is 2.16. The van der Waals surface area contributed by atoms with E-state index >= 15 is 4.39 Å². The van der Waals surface area contributed by atoms with Crippen LogP contribution in [0, 0.1) is 5.82 Å². The van der Waals surface area contributed by atoms with Gasteiger partial charge in [-0.15, -0.1) is 10.2 Å². The Hall–Kier alpha value is -4.14. The van der Waals surface area contributed by atoms with E-state index < -0.39 is 17.3 Å². The molecule has 0 aliphatic carbocycles.